The van der Waals surface area contributed by atoms with Crippen molar-refractivity contribution in [1.29, 1.82) is 0 Å². The highest BCUT2D eigenvalue weighted by atomic mass is 16.3. The molecule has 0 bridgehead atoms. The molecule has 18 heavy (non-hydrogen) atoms. The van der Waals surface area contributed by atoms with E-state index in [4.69, 9.17) is 0 Å². The Morgan fingerprint density at radius 3 is 2.11 bits per heavy atom. The Morgan fingerprint density at radius 2 is 1.72 bits per heavy atom. The van der Waals surface area contributed by atoms with Crippen LogP contribution in [0, 0.1) is 17.8 Å². The maximum absolute atomic E-state index is 9.68. The summed E-state index contributed by atoms with van der Waals surface area (Å²) in [5.41, 5.74) is 1.30. The van der Waals surface area contributed by atoms with Crippen LogP contribution in [0.4, 0.5) is 0 Å². The molecule has 1 N–H and O–H groups in total. The summed E-state index contributed by atoms with van der Waals surface area (Å²) in [7, 11) is 0. The highest BCUT2D eigenvalue weighted by Gasteiger charge is 2.21. The van der Waals surface area contributed by atoms with Gasteiger partial charge in [-0.3, -0.25) is 0 Å². The van der Waals surface area contributed by atoms with Gasteiger partial charge in [0.2, 0.25) is 0 Å². The molecule has 0 aromatic carbocycles. The Hall–Kier alpha value is -0.300. The van der Waals surface area contributed by atoms with Crippen LogP contribution in [0.2, 0.25) is 0 Å². The molecule has 0 aliphatic carbocycles. The van der Waals surface area contributed by atoms with Crippen LogP contribution in [0.1, 0.15) is 73.1 Å². The number of unbranched alkanes of at least 4 members (excludes halogenated alkanes) is 1. The monoisotopic (exact) mass is 254 g/mol. The predicted molar refractivity (Wildman–Crippen MR) is 81.7 cm³/mol. The highest BCUT2D eigenvalue weighted by molar-refractivity contribution is 5.09. The van der Waals surface area contributed by atoms with Gasteiger partial charge in [0.15, 0.2) is 0 Å². The average molecular weight is 254 g/mol. The van der Waals surface area contributed by atoms with Gasteiger partial charge < -0.3 is 5.11 Å². The molecular formula is C17H34O. The predicted octanol–water partition coefficient (Wildman–Crippen LogP) is 5.19. The lowest BCUT2D eigenvalue weighted by molar-refractivity contribution is 0.265. The number of hydrogen-bond acceptors (Lipinski definition) is 1. The molecule has 0 rings (SSSR count). The Morgan fingerprint density at radius 1 is 1.11 bits per heavy atom. The molecule has 0 fully saturated rings. The third-order valence-electron chi connectivity index (χ3n) is 4.00. The zero-order valence-corrected chi connectivity index (χ0v) is 13.2. The standard InChI is InChI=1S/C17H34O/c1-6-9-10-17(15(7-2)8-3)16(13-18)12-11-14(4)5/h12,14-15,17-18H,6-11,13H2,1-5H3. The van der Waals surface area contributed by atoms with E-state index in [1.807, 2.05) is 0 Å². The van der Waals surface area contributed by atoms with Crippen LogP contribution in [0.15, 0.2) is 11.6 Å². The van der Waals surface area contributed by atoms with Crippen molar-refractivity contribution < 1.29 is 5.11 Å². The molecule has 0 aliphatic rings. The molecule has 0 spiro atoms. The Bertz CT molecular complexity index is 214. The minimum atomic E-state index is 0.248. The van der Waals surface area contributed by atoms with Crippen molar-refractivity contribution in [3.63, 3.8) is 0 Å². The molecule has 1 nitrogen and oxygen atoms in total. The summed E-state index contributed by atoms with van der Waals surface area (Å²) in [6.45, 7) is 11.5. The largest absolute Gasteiger partial charge is 0.392 e. The first-order chi connectivity index (χ1) is 8.60. The Kier molecular flexibility index (Phi) is 10.4. The van der Waals surface area contributed by atoms with Gasteiger partial charge in [-0.1, -0.05) is 66.4 Å². The molecule has 0 radical (unpaired) electrons. The van der Waals surface area contributed by atoms with Crippen LogP contribution in [-0.4, -0.2) is 11.7 Å². The van der Waals surface area contributed by atoms with Crippen LogP contribution in [0.3, 0.4) is 0 Å². The van der Waals surface area contributed by atoms with Crippen molar-refractivity contribution in [1.82, 2.24) is 0 Å². The zero-order chi connectivity index (χ0) is 14.0. The molecule has 0 aliphatic heterocycles. The van der Waals surface area contributed by atoms with Crippen LogP contribution in [-0.2, 0) is 0 Å². The lowest BCUT2D eigenvalue weighted by Crippen LogP contribution is -2.18. The van der Waals surface area contributed by atoms with Gasteiger partial charge in [0.1, 0.15) is 0 Å². The normalized spacial score (nSPS) is 14.6. The summed E-state index contributed by atoms with van der Waals surface area (Å²) < 4.78 is 0. The quantitative estimate of drug-likeness (QED) is 0.532. The average Bonchev–Trinajstić information content (AvgIpc) is 2.36. The second-order valence-electron chi connectivity index (χ2n) is 5.89. The number of allylic oxidation sites excluding steroid dienone is 1. The topological polar surface area (TPSA) is 20.2 Å². The molecule has 0 aromatic rings. The van der Waals surface area contributed by atoms with E-state index in [9.17, 15) is 5.11 Å². The fourth-order valence-electron chi connectivity index (χ4n) is 2.73. The second-order valence-corrected chi connectivity index (χ2v) is 5.89. The summed E-state index contributed by atoms with van der Waals surface area (Å²) in [5, 5.41) is 9.68. The molecule has 108 valence electrons. The van der Waals surface area contributed by atoms with Gasteiger partial charge in [0.05, 0.1) is 6.61 Å². The molecule has 0 saturated carbocycles. The molecule has 1 heteroatoms. The van der Waals surface area contributed by atoms with Gasteiger partial charge in [-0.15, -0.1) is 0 Å². The van der Waals surface area contributed by atoms with Crippen LogP contribution < -0.4 is 0 Å². The molecule has 1 atom stereocenters. The second kappa shape index (κ2) is 10.6. The SMILES string of the molecule is CCCCC(C(=CCC(C)C)CO)C(CC)CC. The van der Waals surface area contributed by atoms with E-state index < -0.39 is 0 Å². The third kappa shape index (κ3) is 6.58. The summed E-state index contributed by atoms with van der Waals surface area (Å²) in [5.74, 6) is 2.02. The van der Waals surface area contributed by atoms with Crippen molar-refractivity contribution in [2.24, 2.45) is 17.8 Å². The van der Waals surface area contributed by atoms with Crippen LogP contribution in [0.5, 0.6) is 0 Å². The van der Waals surface area contributed by atoms with E-state index in [-0.39, 0.29) is 6.61 Å². The van der Waals surface area contributed by atoms with E-state index in [0.717, 1.165) is 12.3 Å². The lowest BCUT2D eigenvalue weighted by atomic mass is 9.79. The molecule has 0 aromatic heterocycles. The molecule has 0 heterocycles. The molecule has 0 amide bonds. The van der Waals surface area contributed by atoms with Crippen molar-refractivity contribution in [2.75, 3.05) is 6.61 Å². The van der Waals surface area contributed by atoms with Gasteiger partial charge in [0.25, 0.3) is 0 Å². The first-order valence-corrected chi connectivity index (χ1v) is 7.90. The lowest BCUT2D eigenvalue weighted by Gasteiger charge is -2.27. The van der Waals surface area contributed by atoms with E-state index in [1.54, 1.807) is 0 Å². The fraction of sp³-hybridized carbons (Fsp3) is 0.882. The van der Waals surface area contributed by atoms with Gasteiger partial charge in [-0.05, 0) is 36.2 Å². The van der Waals surface area contributed by atoms with E-state index in [2.05, 4.69) is 40.7 Å². The van der Waals surface area contributed by atoms with Crippen molar-refractivity contribution in [3.05, 3.63) is 11.6 Å². The van der Waals surface area contributed by atoms with Crippen molar-refractivity contribution in [2.45, 2.75) is 73.1 Å². The highest BCUT2D eigenvalue weighted by Crippen LogP contribution is 2.31. The number of hydrogen-bond donors (Lipinski definition) is 1. The Balaban J connectivity index is 4.80. The van der Waals surface area contributed by atoms with E-state index >= 15 is 0 Å². The maximum Gasteiger partial charge on any atom is 0.0644 e. The molecule has 1 unspecified atom stereocenters. The summed E-state index contributed by atoms with van der Waals surface area (Å²) in [6.07, 6.45) is 9.63. The van der Waals surface area contributed by atoms with Gasteiger partial charge >= 0.3 is 0 Å². The first kappa shape index (κ1) is 17.7. The van der Waals surface area contributed by atoms with Crippen LogP contribution in [0.25, 0.3) is 0 Å². The van der Waals surface area contributed by atoms with Gasteiger partial charge in [0, 0.05) is 0 Å². The number of rotatable bonds is 10. The van der Waals surface area contributed by atoms with E-state index in [1.165, 1.54) is 37.7 Å². The van der Waals surface area contributed by atoms with E-state index in [0.29, 0.717) is 11.8 Å². The van der Waals surface area contributed by atoms with Crippen LogP contribution >= 0.6 is 0 Å². The van der Waals surface area contributed by atoms with Crippen molar-refractivity contribution in [3.8, 4) is 0 Å². The van der Waals surface area contributed by atoms with Crippen molar-refractivity contribution >= 4 is 0 Å². The third-order valence-corrected chi connectivity index (χ3v) is 4.00. The smallest absolute Gasteiger partial charge is 0.0644 e. The van der Waals surface area contributed by atoms with Gasteiger partial charge in [-0.2, -0.15) is 0 Å². The Labute approximate surface area is 115 Å². The zero-order valence-electron chi connectivity index (χ0n) is 13.2. The molecular weight excluding hydrogens is 220 g/mol. The maximum atomic E-state index is 9.68. The van der Waals surface area contributed by atoms with Gasteiger partial charge in [-0.25, -0.2) is 0 Å². The summed E-state index contributed by atoms with van der Waals surface area (Å²) >= 11 is 0. The number of aliphatic hydroxyl groups is 1. The minimum Gasteiger partial charge on any atom is -0.392 e. The fourth-order valence-corrected chi connectivity index (χ4v) is 2.73. The molecule has 0 saturated heterocycles. The minimum absolute atomic E-state index is 0.248. The number of aliphatic hydroxyl groups excluding tert-OH is 1. The first-order valence-electron chi connectivity index (χ1n) is 7.90. The summed E-state index contributed by atoms with van der Waals surface area (Å²) in [6, 6.07) is 0. The summed E-state index contributed by atoms with van der Waals surface area (Å²) in [4.78, 5) is 0.